The van der Waals surface area contributed by atoms with Gasteiger partial charge in [-0.1, -0.05) is 87.9 Å². The maximum Gasteiger partial charge on any atom is 0.455 e. The molecule has 0 bridgehead atoms. The van der Waals surface area contributed by atoms with Crippen molar-refractivity contribution in [3.8, 4) is 39.5 Å². The molecule has 79 heavy (non-hydrogen) atoms. The first-order chi connectivity index (χ1) is 37.0. The Bertz CT molecular complexity index is 3220. The highest BCUT2D eigenvalue weighted by Crippen LogP contribution is 2.44. The van der Waals surface area contributed by atoms with Crippen LogP contribution in [0.15, 0.2) is 106 Å². The van der Waals surface area contributed by atoms with Gasteiger partial charge in [0, 0.05) is 48.1 Å². The van der Waals surface area contributed by atoms with Gasteiger partial charge in [-0.05, 0) is 94.9 Å². The summed E-state index contributed by atoms with van der Waals surface area (Å²) >= 11 is 23.5. The number of hydrazine groups is 1. The molecule has 0 amide bonds. The Kier molecular flexibility index (Phi) is 23.0. The first kappa shape index (κ1) is 64.5. The average Bonchev–Trinajstić information content (AvgIpc) is 4.13. The highest BCUT2D eigenvalue weighted by molar-refractivity contribution is 6.34. The molecule has 7 rings (SSSR count). The van der Waals surface area contributed by atoms with E-state index in [1.807, 2.05) is 12.1 Å². The summed E-state index contributed by atoms with van der Waals surface area (Å²) in [7, 11) is 4.66. The number of anilines is 1. The number of nitrogens with zero attached hydrogens (tertiary/aromatic N) is 6. The number of ketones is 1. The number of hydrogen-bond donors (Lipinski definition) is 2. The van der Waals surface area contributed by atoms with Gasteiger partial charge in [0.1, 0.15) is 34.1 Å². The van der Waals surface area contributed by atoms with Crippen molar-refractivity contribution in [1.82, 2.24) is 29.9 Å². The van der Waals surface area contributed by atoms with E-state index in [-0.39, 0.29) is 31.9 Å². The molecule has 424 valence electrons. The van der Waals surface area contributed by atoms with Gasteiger partial charge in [0.15, 0.2) is 17.2 Å². The van der Waals surface area contributed by atoms with Crippen LogP contribution in [-0.4, -0.2) is 101 Å². The first-order valence-corrected chi connectivity index (χ1v) is 24.5. The number of allylic oxidation sites excluding steroid dienone is 1. The lowest BCUT2D eigenvalue weighted by molar-refractivity contribution is -0.164. The number of rotatable bonds is 13. The Labute approximate surface area is 467 Å². The van der Waals surface area contributed by atoms with Gasteiger partial charge in [-0.25, -0.2) is 23.1 Å². The molecule has 0 spiro atoms. The summed E-state index contributed by atoms with van der Waals surface area (Å²) in [6.45, 7) is 12.3. The van der Waals surface area contributed by atoms with Crippen LogP contribution in [-0.2, 0) is 20.4 Å². The Morgan fingerprint density at radius 1 is 0.747 bits per heavy atom. The lowest BCUT2D eigenvalue weighted by Gasteiger charge is -2.28. The molecule has 15 nitrogen and oxygen atoms in total. The zero-order chi connectivity index (χ0) is 59.3. The van der Waals surface area contributed by atoms with Crippen LogP contribution >= 0.6 is 46.4 Å². The van der Waals surface area contributed by atoms with Crippen molar-refractivity contribution < 1.29 is 68.0 Å². The molecule has 0 radical (unpaired) electrons. The largest absolute Gasteiger partial charge is 0.465 e. The number of benzene rings is 4. The summed E-state index contributed by atoms with van der Waals surface area (Å²) in [4.78, 5) is 40.3. The number of halogens is 12. The van der Waals surface area contributed by atoms with E-state index in [0.717, 1.165) is 55.9 Å². The molecular formula is C52H50Cl4F8N8O7. The number of nitrogen functional groups attached to an aromatic ring is 1. The zero-order valence-electron chi connectivity index (χ0n) is 43.3. The summed E-state index contributed by atoms with van der Waals surface area (Å²) in [5, 5.41) is 11.5. The second kappa shape index (κ2) is 28.2. The van der Waals surface area contributed by atoms with E-state index in [4.69, 9.17) is 66.0 Å². The van der Waals surface area contributed by atoms with Crippen LogP contribution < -0.4 is 11.3 Å². The maximum atomic E-state index is 14.5. The third kappa shape index (κ3) is 16.3. The van der Waals surface area contributed by atoms with Crippen molar-refractivity contribution in [2.45, 2.75) is 59.1 Å². The van der Waals surface area contributed by atoms with Gasteiger partial charge in [0.2, 0.25) is 0 Å². The van der Waals surface area contributed by atoms with E-state index in [0.29, 0.717) is 21.8 Å². The number of ether oxygens (including phenoxy) is 2. The quantitative estimate of drug-likeness (QED) is 0.0365. The molecule has 27 heteroatoms. The molecule has 0 saturated carbocycles. The number of aromatic nitrogens is 4. The van der Waals surface area contributed by atoms with E-state index >= 15 is 0 Å². The Balaban J connectivity index is 0.000000261. The number of carbonyl (C=O) groups is 3. The minimum atomic E-state index is -5.27. The molecule has 0 saturated heterocycles. The number of nitrogens with two attached hydrogens (primary N) is 1. The predicted octanol–water partition coefficient (Wildman–Crippen LogP) is 14.2. The van der Waals surface area contributed by atoms with Gasteiger partial charge in [-0.2, -0.15) is 31.4 Å². The molecule has 0 fully saturated rings. The monoisotopic (exact) mass is 1190 g/mol. The SMILES string of the molecule is CCN(C(C)C)C(C)C.COC(=O)c1c(-c2c(F)cccc2Cl)noc1-c1cnn(-c2cccc(Cl)c2)c1C(F)(F)F.COC(=O)c1c(-c2c(F)cccc2Cl)noc1/C(=C/N(C)C)C(=O)C(F)(F)F.NNc1cccc(Cl)c1. The minimum Gasteiger partial charge on any atom is -0.465 e. The summed E-state index contributed by atoms with van der Waals surface area (Å²) < 4.78 is 130. The summed E-state index contributed by atoms with van der Waals surface area (Å²) in [6, 6.07) is 21.4. The van der Waals surface area contributed by atoms with E-state index in [1.54, 1.807) is 12.1 Å². The summed E-state index contributed by atoms with van der Waals surface area (Å²) in [5.74, 6) is -2.67. The summed E-state index contributed by atoms with van der Waals surface area (Å²) in [5.41, 5.74) is -2.41. The van der Waals surface area contributed by atoms with Crippen LogP contribution in [0.25, 0.3) is 45.1 Å². The fourth-order valence-electron chi connectivity index (χ4n) is 7.45. The topological polar surface area (TPSA) is 184 Å². The fraction of sp³-hybridized carbons (Fsp3) is 0.269. The molecule has 0 atom stereocenters. The molecule has 3 aromatic heterocycles. The lowest BCUT2D eigenvalue weighted by Crippen LogP contribution is -2.36. The normalized spacial score (nSPS) is 11.5. The molecule has 0 unspecified atom stereocenters. The van der Waals surface area contributed by atoms with Crippen LogP contribution in [0, 0.1) is 11.6 Å². The van der Waals surface area contributed by atoms with Crippen molar-refractivity contribution >= 4 is 75.4 Å². The molecule has 3 heterocycles. The second-order valence-corrected chi connectivity index (χ2v) is 18.6. The Morgan fingerprint density at radius 2 is 1.24 bits per heavy atom. The molecule has 0 aliphatic carbocycles. The Hall–Kier alpha value is -7.02. The minimum absolute atomic E-state index is 0.0116. The molecular weight excluding hydrogens is 1140 g/mol. The maximum absolute atomic E-state index is 14.5. The first-order valence-electron chi connectivity index (χ1n) is 23.0. The fourth-order valence-corrected chi connectivity index (χ4v) is 8.33. The standard InChI is InChI=1S/C21H11Cl2F4N3O3.C17H13ClF4N2O4.C8H19N.C6H7ClN2/c1-32-20(31)16-17(15-13(23)6-3-7-14(15)24)29-33-18(16)12-9-28-30(19(12)21(25,26)27)11-5-2-4-10(22)8-11;1-24(2)7-8(15(25)17(20,21)22)14-12(16(26)27-3)13(23-28-14)11-9(18)5-4-6-10(11)19;1-6-9(7(2)3)8(4)5;7-5-2-1-3-6(4-5)9-8/h2-9H,1H3;4-7H,1-3H3;7-8H,6H2,1-5H3;1-4,9H,8H2/b;8-7-;;. The van der Waals surface area contributed by atoms with Crippen LogP contribution in [0.5, 0.6) is 0 Å². The van der Waals surface area contributed by atoms with Crippen molar-refractivity contribution in [2.24, 2.45) is 5.84 Å². The number of hydrogen-bond acceptors (Lipinski definition) is 14. The number of esters is 2. The average molecular weight is 1190 g/mol. The van der Waals surface area contributed by atoms with Gasteiger partial charge in [-0.15, -0.1) is 0 Å². The van der Waals surface area contributed by atoms with E-state index < -0.39 is 92.6 Å². The van der Waals surface area contributed by atoms with E-state index in [2.05, 4.69) is 65.1 Å². The Morgan fingerprint density at radius 3 is 1.66 bits per heavy atom. The smallest absolute Gasteiger partial charge is 0.455 e. The highest BCUT2D eigenvalue weighted by Gasteiger charge is 2.45. The van der Waals surface area contributed by atoms with Gasteiger partial charge >= 0.3 is 24.3 Å². The van der Waals surface area contributed by atoms with Crippen LogP contribution in [0.2, 0.25) is 20.1 Å². The highest BCUT2D eigenvalue weighted by atomic mass is 35.5. The van der Waals surface area contributed by atoms with Crippen LogP contribution in [0.4, 0.5) is 40.8 Å². The molecule has 0 aliphatic heterocycles. The van der Waals surface area contributed by atoms with Crippen LogP contribution in [0.3, 0.4) is 0 Å². The number of carbonyl (C=O) groups excluding carboxylic acids is 3. The molecule has 4 aromatic carbocycles. The van der Waals surface area contributed by atoms with E-state index in [9.17, 15) is 49.5 Å². The van der Waals surface area contributed by atoms with Gasteiger partial charge < -0.3 is 28.8 Å². The number of methoxy groups -OCH3 is 2. The molecule has 3 N–H and O–H groups in total. The number of alkyl halides is 6. The second-order valence-electron chi connectivity index (χ2n) is 16.9. The number of nitrogens with one attached hydrogen (secondary N) is 1. The van der Waals surface area contributed by atoms with Crippen molar-refractivity contribution in [3.05, 3.63) is 152 Å². The molecule has 7 aromatic rings. The third-order valence-electron chi connectivity index (χ3n) is 10.7. The predicted molar refractivity (Wildman–Crippen MR) is 284 cm³/mol. The van der Waals surface area contributed by atoms with Crippen molar-refractivity contribution in [1.29, 1.82) is 0 Å². The van der Waals surface area contributed by atoms with Gasteiger partial charge in [0.05, 0.1) is 58.4 Å². The zero-order valence-corrected chi connectivity index (χ0v) is 46.3. The summed E-state index contributed by atoms with van der Waals surface area (Å²) in [6.07, 6.45) is -8.55. The van der Waals surface area contributed by atoms with Gasteiger partial charge in [0.25, 0.3) is 5.78 Å². The van der Waals surface area contributed by atoms with Crippen molar-refractivity contribution in [2.75, 3.05) is 40.3 Å². The lowest BCUT2D eigenvalue weighted by atomic mass is 10.00. The van der Waals surface area contributed by atoms with Crippen molar-refractivity contribution in [3.63, 3.8) is 0 Å². The van der Waals surface area contributed by atoms with Crippen LogP contribution in [0.1, 0.15) is 66.8 Å². The van der Waals surface area contributed by atoms with Gasteiger partial charge in [-0.3, -0.25) is 15.5 Å². The molecule has 0 aliphatic rings. The van der Waals surface area contributed by atoms with E-state index in [1.165, 1.54) is 62.6 Å². The number of Topliss-reactive ketones (excluding diaryl/α,β-unsaturated/α-hetero) is 1. The third-order valence-corrected chi connectivity index (χ3v) is 11.8.